The Balaban J connectivity index is 0.913. The molecule has 0 aliphatic rings. The highest BCUT2D eigenvalue weighted by Gasteiger charge is 2.24. The van der Waals surface area contributed by atoms with Gasteiger partial charge in [0.15, 0.2) is 0 Å². The molecule has 0 bridgehead atoms. The minimum absolute atomic E-state index is 0.112. The number of amides is 1. The largest absolute Gasteiger partial charge is 0.497 e. The standard InChI is InChI=1S/C53H51N5O8/c1-35(59)56-42-14-10-38(11-15-42)40-13-21-51(61)58(33-40)25-27-65-52-41(31-55-48-29-44(63-5)17-19-46(48)52)30-53(2,3)66-34-36-6-8-37(9-7-36)39-12-20-50(60)57(32-39)24-26-64-49-22-23-54-47-28-43(62-4)16-18-45(47)49/h6-23,28-29,31-33H,24-27,30,34H2,1-5H3,(H,56,59). The van der Waals surface area contributed by atoms with E-state index in [1.807, 2.05) is 129 Å². The van der Waals surface area contributed by atoms with Crippen LogP contribution in [0.1, 0.15) is 31.9 Å². The number of carbonyl (C=O) groups is 1. The summed E-state index contributed by atoms with van der Waals surface area (Å²) in [5.41, 5.74) is 6.81. The Labute approximate surface area is 382 Å². The van der Waals surface area contributed by atoms with E-state index in [9.17, 15) is 14.4 Å². The zero-order chi connectivity index (χ0) is 46.2. The van der Waals surface area contributed by atoms with Crippen molar-refractivity contribution in [2.75, 3.05) is 32.8 Å². The highest BCUT2D eigenvalue weighted by atomic mass is 16.5. The van der Waals surface area contributed by atoms with E-state index in [1.54, 1.807) is 47.7 Å². The first-order chi connectivity index (χ1) is 31.9. The first-order valence-corrected chi connectivity index (χ1v) is 21.6. The van der Waals surface area contributed by atoms with Crippen LogP contribution in [0.25, 0.3) is 44.1 Å². The van der Waals surface area contributed by atoms with Gasteiger partial charge < -0.3 is 38.1 Å². The topological polar surface area (TPSA) is 145 Å². The van der Waals surface area contributed by atoms with E-state index in [1.165, 1.54) is 6.92 Å². The van der Waals surface area contributed by atoms with Crippen LogP contribution in [-0.2, 0) is 35.6 Å². The number of rotatable bonds is 18. The molecule has 13 heteroatoms. The number of ether oxygens (including phenoxy) is 5. The summed E-state index contributed by atoms with van der Waals surface area (Å²) >= 11 is 0. The molecule has 0 saturated heterocycles. The number of aromatic nitrogens is 4. The Morgan fingerprint density at radius 1 is 0.652 bits per heavy atom. The summed E-state index contributed by atoms with van der Waals surface area (Å²) in [6.45, 7) is 7.11. The highest BCUT2D eigenvalue weighted by molar-refractivity contribution is 5.89. The Kier molecular flexibility index (Phi) is 13.6. The molecule has 0 aliphatic heterocycles. The third-order valence-electron chi connectivity index (χ3n) is 11.2. The van der Waals surface area contributed by atoms with Gasteiger partial charge in [-0.2, -0.15) is 0 Å². The van der Waals surface area contributed by atoms with Crippen LogP contribution in [0.3, 0.4) is 0 Å². The van der Waals surface area contributed by atoms with Crippen molar-refractivity contribution >= 4 is 33.4 Å². The minimum Gasteiger partial charge on any atom is -0.497 e. The molecule has 8 rings (SSSR count). The lowest BCUT2D eigenvalue weighted by atomic mass is 9.97. The summed E-state index contributed by atoms with van der Waals surface area (Å²) in [4.78, 5) is 46.5. The second-order valence-electron chi connectivity index (χ2n) is 16.5. The molecule has 0 spiro atoms. The number of nitrogens with zero attached hydrogens (tertiary/aromatic N) is 4. The van der Waals surface area contributed by atoms with Crippen molar-refractivity contribution in [3.8, 4) is 45.3 Å². The van der Waals surface area contributed by atoms with Crippen molar-refractivity contribution < 1.29 is 28.5 Å². The molecule has 336 valence electrons. The molecule has 0 atom stereocenters. The number of hydrogen-bond donors (Lipinski definition) is 1. The number of methoxy groups -OCH3 is 2. The van der Waals surface area contributed by atoms with E-state index >= 15 is 0 Å². The van der Waals surface area contributed by atoms with Crippen LogP contribution in [0, 0.1) is 0 Å². The predicted octanol–water partition coefficient (Wildman–Crippen LogP) is 9.11. The van der Waals surface area contributed by atoms with Gasteiger partial charge in [-0.05, 0) is 96.3 Å². The fourth-order valence-corrected chi connectivity index (χ4v) is 7.75. The molecule has 0 radical (unpaired) electrons. The van der Waals surface area contributed by atoms with Gasteiger partial charge in [0.1, 0.15) is 36.2 Å². The van der Waals surface area contributed by atoms with Crippen molar-refractivity contribution in [3.63, 3.8) is 0 Å². The molecule has 0 saturated carbocycles. The van der Waals surface area contributed by atoms with Crippen molar-refractivity contribution in [1.29, 1.82) is 0 Å². The SMILES string of the molecule is COc1ccc2c(OCCn3cc(-c4ccc(COC(C)(C)Cc5cnc6cc(OC)ccc6c5OCCn5cc(-c6ccc(NC(C)=O)cc6)ccc5=O)cc4)ccc3=O)ccnc2c1. The van der Waals surface area contributed by atoms with Crippen LogP contribution >= 0.6 is 0 Å². The molecule has 1 N–H and O–H groups in total. The molecule has 4 aromatic carbocycles. The van der Waals surface area contributed by atoms with Gasteiger partial charge in [0.25, 0.3) is 11.1 Å². The lowest BCUT2D eigenvalue weighted by molar-refractivity contribution is -0.114. The lowest BCUT2D eigenvalue weighted by Gasteiger charge is -2.27. The van der Waals surface area contributed by atoms with Crippen LogP contribution in [0.5, 0.6) is 23.0 Å². The van der Waals surface area contributed by atoms with Crippen LogP contribution in [0.15, 0.2) is 150 Å². The summed E-state index contributed by atoms with van der Waals surface area (Å²) < 4.78 is 33.3. The fourth-order valence-electron chi connectivity index (χ4n) is 7.75. The molecule has 4 aromatic heterocycles. The van der Waals surface area contributed by atoms with E-state index in [4.69, 9.17) is 28.7 Å². The third-order valence-corrected chi connectivity index (χ3v) is 11.2. The minimum atomic E-state index is -0.619. The van der Waals surface area contributed by atoms with Crippen molar-refractivity contribution in [1.82, 2.24) is 19.1 Å². The number of carbonyl (C=O) groups excluding carboxylic acids is 1. The van der Waals surface area contributed by atoms with E-state index in [2.05, 4.69) is 10.3 Å². The summed E-state index contributed by atoms with van der Waals surface area (Å²) in [7, 11) is 3.24. The molecule has 0 aliphatic carbocycles. The van der Waals surface area contributed by atoms with Crippen LogP contribution < -0.4 is 35.4 Å². The number of nitrogens with one attached hydrogen (secondary N) is 1. The van der Waals surface area contributed by atoms with Gasteiger partial charge in [-0.25, -0.2) is 0 Å². The normalized spacial score (nSPS) is 11.4. The second-order valence-corrected chi connectivity index (χ2v) is 16.5. The smallest absolute Gasteiger partial charge is 0.250 e. The average molecular weight is 886 g/mol. The Bertz CT molecular complexity index is 3130. The highest BCUT2D eigenvalue weighted by Crippen LogP contribution is 2.34. The zero-order valence-electron chi connectivity index (χ0n) is 37.6. The van der Waals surface area contributed by atoms with Crippen molar-refractivity contribution in [2.24, 2.45) is 0 Å². The number of hydrogen-bond acceptors (Lipinski definition) is 10. The molecule has 66 heavy (non-hydrogen) atoms. The van der Waals surface area contributed by atoms with Crippen LogP contribution in [0.2, 0.25) is 0 Å². The number of pyridine rings is 4. The quantitative estimate of drug-likeness (QED) is 0.0886. The van der Waals surface area contributed by atoms with E-state index in [0.717, 1.165) is 60.9 Å². The maximum Gasteiger partial charge on any atom is 0.250 e. The Morgan fingerprint density at radius 3 is 1.82 bits per heavy atom. The number of anilines is 1. The zero-order valence-corrected chi connectivity index (χ0v) is 37.6. The summed E-state index contributed by atoms with van der Waals surface area (Å²) in [6, 6.07) is 35.5. The monoisotopic (exact) mass is 885 g/mol. The van der Waals surface area contributed by atoms with E-state index < -0.39 is 5.60 Å². The maximum atomic E-state index is 13.0. The number of benzene rings is 4. The predicted molar refractivity (Wildman–Crippen MR) is 257 cm³/mol. The lowest BCUT2D eigenvalue weighted by Crippen LogP contribution is -2.28. The Hall–Kier alpha value is -7.77. The molecule has 1 amide bonds. The molecular weight excluding hydrogens is 835 g/mol. The molecule has 4 heterocycles. The molecule has 0 unspecified atom stereocenters. The molecular formula is C53H51N5O8. The first kappa shape index (κ1) is 44.8. The average Bonchev–Trinajstić information content (AvgIpc) is 3.32. The molecule has 0 fully saturated rings. The van der Waals surface area contributed by atoms with Crippen molar-refractivity contribution in [2.45, 2.75) is 52.5 Å². The molecule has 13 nitrogen and oxygen atoms in total. The van der Waals surface area contributed by atoms with Gasteiger partial charge >= 0.3 is 0 Å². The summed E-state index contributed by atoms with van der Waals surface area (Å²) in [5.74, 6) is 2.62. The van der Waals surface area contributed by atoms with Crippen LogP contribution in [-0.4, -0.2) is 58.0 Å². The Morgan fingerprint density at radius 2 is 1.21 bits per heavy atom. The van der Waals surface area contributed by atoms with Crippen molar-refractivity contribution in [3.05, 3.63) is 172 Å². The summed E-state index contributed by atoms with van der Waals surface area (Å²) in [5, 5.41) is 4.47. The van der Waals surface area contributed by atoms with Gasteiger partial charge in [-0.15, -0.1) is 0 Å². The maximum absolute atomic E-state index is 13.0. The van der Waals surface area contributed by atoms with Gasteiger partial charge in [0.05, 0.1) is 50.6 Å². The summed E-state index contributed by atoms with van der Waals surface area (Å²) in [6.07, 6.45) is 7.69. The fraction of sp³-hybridized carbons (Fsp3) is 0.226. The third kappa shape index (κ3) is 10.8. The first-order valence-electron chi connectivity index (χ1n) is 21.6. The van der Waals surface area contributed by atoms with Crippen LogP contribution in [0.4, 0.5) is 5.69 Å². The number of fused-ring (bicyclic) bond motifs is 2. The molecule has 8 aromatic rings. The van der Waals surface area contributed by atoms with E-state index in [-0.39, 0.29) is 23.6 Å². The van der Waals surface area contributed by atoms with E-state index in [0.29, 0.717) is 55.7 Å². The van der Waals surface area contributed by atoms with Gasteiger partial charge in [-0.1, -0.05) is 36.4 Å². The van der Waals surface area contributed by atoms with Gasteiger partial charge in [0.2, 0.25) is 5.91 Å². The van der Waals surface area contributed by atoms with Gasteiger partial charge in [-0.3, -0.25) is 24.4 Å². The second kappa shape index (κ2) is 20.0. The van der Waals surface area contributed by atoms with Gasteiger partial charge in [0, 0.05) is 84.4 Å².